The van der Waals surface area contributed by atoms with E-state index >= 15 is 0 Å². The summed E-state index contributed by atoms with van der Waals surface area (Å²) in [6, 6.07) is 11.9. The molecule has 0 radical (unpaired) electrons. The van der Waals surface area contributed by atoms with E-state index in [0.717, 1.165) is 17.1 Å². The molecule has 0 unspecified atom stereocenters. The van der Waals surface area contributed by atoms with E-state index in [1.807, 2.05) is 30.3 Å². The van der Waals surface area contributed by atoms with Crippen molar-refractivity contribution in [3.8, 4) is 5.75 Å². The lowest BCUT2D eigenvalue weighted by molar-refractivity contribution is 0.300. The van der Waals surface area contributed by atoms with E-state index in [1.54, 1.807) is 0 Å². The molecule has 18 heavy (non-hydrogen) atoms. The molecule has 0 amide bonds. The third-order valence-electron chi connectivity index (χ3n) is 2.94. The van der Waals surface area contributed by atoms with Gasteiger partial charge in [0.25, 0.3) is 0 Å². The zero-order valence-corrected chi connectivity index (χ0v) is 10.8. The number of hydrogen-bond acceptors (Lipinski definition) is 3. The monoisotopic (exact) mass is 242 g/mol. The fourth-order valence-electron chi connectivity index (χ4n) is 1.68. The Balaban J connectivity index is 2.04. The quantitative estimate of drug-likeness (QED) is 0.896. The molecule has 2 aromatic rings. The van der Waals surface area contributed by atoms with E-state index in [9.17, 15) is 0 Å². The average Bonchev–Trinajstić information content (AvgIpc) is 2.40. The standard InChI is InChI=1S/C15H18N2O/c1-11-6-7-15(8-12(11)2)18-10-14-5-3-4-13(9-16)17-14/h3-8H,9-10,16H2,1-2H3. The molecule has 0 aliphatic rings. The zero-order chi connectivity index (χ0) is 13.0. The molecule has 3 heteroatoms. The summed E-state index contributed by atoms with van der Waals surface area (Å²) in [5.74, 6) is 0.873. The topological polar surface area (TPSA) is 48.1 Å². The summed E-state index contributed by atoms with van der Waals surface area (Å²) in [5, 5.41) is 0. The third kappa shape index (κ3) is 3.08. The second kappa shape index (κ2) is 5.65. The smallest absolute Gasteiger partial charge is 0.130 e. The van der Waals surface area contributed by atoms with Crippen LogP contribution in [0.3, 0.4) is 0 Å². The van der Waals surface area contributed by atoms with E-state index in [-0.39, 0.29) is 0 Å². The highest BCUT2D eigenvalue weighted by Crippen LogP contribution is 2.17. The van der Waals surface area contributed by atoms with Gasteiger partial charge >= 0.3 is 0 Å². The molecule has 2 rings (SSSR count). The fourth-order valence-corrected chi connectivity index (χ4v) is 1.68. The number of aromatic nitrogens is 1. The Morgan fingerprint density at radius 3 is 2.56 bits per heavy atom. The lowest BCUT2D eigenvalue weighted by Crippen LogP contribution is -2.04. The van der Waals surface area contributed by atoms with E-state index in [4.69, 9.17) is 10.5 Å². The normalized spacial score (nSPS) is 10.4. The number of benzene rings is 1. The molecule has 1 heterocycles. The first-order chi connectivity index (χ1) is 8.69. The highest BCUT2D eigenvalue weighted by molar-refractivity contribution is 5.33. The van der Waals surface area contributed by atoms with Crippen molar-refractivity contribution in [3.05, 3.63) is 58.9 Å². The number of ether oxygens (including phenoxy) is 1. The van der Waals surface area contributed by atoms with Crippen LogP contribution in [0.25, 0.3) is 0 Å². The second-order valence-electron chi connectivity index (χ2n) is 4.36. The highest BCUT2D eigenvalue weighted by Gasteiger charge is 2.00. The Kier molecular flexibility index (Phi) is 3.95. The number of aryl methyl sites for hydroxylation is 2. The van der Waals surface area contributed by atoms with Crippen molar-refractivity contribution < 1.29 is 4.74 Å². The molecule has 0 bridgehead atoms. The van der Waals surface area contributed by atoms with Crippen molar-refractivity contribution in [2.75, 3.05) is 0 Å². The van der Waals surface area contributed by atoms with Crippen molar-refractivity contribution in [3.63, 3.8) is 0 Å². The summed E-state index contributed by atoms with van der Waals surface area (Å²) >= 11 is 0. The van der Waals surface area contributed by atoms with Gasteiger partial charge in [0.05, 0.1) is 11.4 Å². The van der Waals surface area contributed by atoms with Crippen molar-refractivity contribution in [2.45, 2.75) is 27.0 Å². The van der Waals surface area contributed by atoms with E-state index < -0.39 is 0 Å². The molecular weight excluding hydrogens is 224 g/mol. The van der Waals surface area contributed by atoms with Crippen LogP contribution in [0.1, 0.15) is 22.5 Å². The maximum Gasteiger partial charge on any atom is 0.130 e. The van der Waals surface area contributed by atoms with Gasteiger partial charge in [0.15, 0.2) is 0 Å². The van der Waals surface area contributed by atoms with Crippen LogP contribution in [-0.4, -0.2) is 4.98 Å². The largest absolute Gasteiger partial charge is 0.487 e. The minimum Gasteiger partial charge on any atom is -0.487 e. The Morgan fingerprint density at radius 2 is 1.83 bits per heavy atom. The van der Waals surface area contributed by atoms with Gasteiger partial charge in [-0.1, -0.05) is 12.1 Å². The fraction of sp³-hybridized carbons (Fsp3) is 0.267. The number of rotatable bonds is 4. The molecule has 3 nitrogen and oxygen atoms in total. The summed E-state index contributed by atoms with van der Waals surface area (Å²) in [6.45, 7) is 5.09. The Labute approximate surface area is 108 Å². The van der Waals surface area contributed by atoms with Crippen molar-refractivity contribution in [1.29, 1.82) is 0 Å². The van der Waals surface area contributed by atoms with Crippen LogP contribution in [-0.2, 0) is 13.2 Å². The zero-order valence-electron chi connectivity index (χ0n) is 10.8. The predicted molar refractivity (Wildman–Crippen MR) is 72.4 cm³/mol. The molecule has 0 atom stereocenters. The highest BCUT2D eigenvalue weighted by atomic mass is 16.5. The van der Waals surface area contributed by atoms with Gasteiger partial charge in [-0.05, 0) is 49.2 Å². The molecular formula is C15H18N2O. The van der Waals surface area contributed by atoms with Crippen LogP contribution in [0.5, 0.6) is 5.75 Å². The number of nitrogens with two attached hydrogens (primary N) is 1. The van der Waals surface area contributed by atoms with Crippen molar-refractivity contribution in [1.82, 2.24) is 4.98 Å². The van der Waals surface area contributed by atoms with Gasteiger partial charge in [0.1, 0.15) is 12.4 Å². The number of pyridine rings is 1. The predicted octanol–water partition coefficient (Wildman–Crippen LogP) is 2.74. The summed E-state index contributed by atoms with van der Waals surface area (Å²) in [7, 11) is 0. The number of hydrogen-bond donors (Lipinski definition) is 1. The second-order valence-corrected chi connectivity index (χ2v) is 4.36. The van der Waals surface area contributed by atoms with Crippen LogP contribution in [0.2, 0.25) is 0 Å². The van der Waals surface area contributed by atoms with Gasteiger partial charge in [-0.25, -0.2) is 0 Å². The number of nitrogens with zero attached hydrogens (tertiary/aromatic N) is 1. The van der Waals surface area contributed by atoms with Gasteiger partial charge in [-0.15, -0.1) is 0 Å². The van der Waals surface area contributed by atoms with Crippen LogP contribution in [0.15, 0.2) is 36.4 Å². The molecule has 0 aliphatic heterocycles. The molecule has 0 saturated carbocycles. The average molecular weight is 242 g/mol. The van der Waals surface area contributed by atoms with Gasteiger partial charge in [0.2, 0.25) is 0 Å². The molecule has 0 spiro atoms. The van der Waals surface area contributed by atoms with Gasteiger partial charge in [0, 0.05) is 6.54 Å². The Bertz CT molecular complexity index is 538. The minimum atomic E-state index is 0.456. The van der Waals surface area contributed by atoms with E-state index in [2.05, 4.69) is 24.9 Å². The maximum absolute atomic E-state index is 5.72. The molecule has 0 saturated heterocycles. The molecule has 0 fully saturated rings. The maximum atomic E-state index is 5.72. The van der Waals surface area contributed by atoms with Crippen LogP contribution < -0.4 is 10.5 Å². The first-order valence-electron chi connectivity index (χ1n) is 6.04. The van der Waals surface area contributed by atoms with Gasteiger partial charge in [-0.3, -0.25) is 4.98 Å². The van der Waals surface area contributed by atoms with E-state index in [1.165, 1.54) is 11.1 Å². The summed E-state index contributed by atoms with van der Waals surface area (Å²) < 4.78 is 5.72. The Morgan fingerprint density at radius 1 is 1.06 bits per heavy atom. The SMILES string of the molecule is Cc1ccc(OCc2cccc(CN)n2)cc1C. The third-order valence-corrected chi connectivity index (χ3v) is 2.94. The lowest BCUT2D eigenvalue weighted by atomic mass is 10.1. The molecule has 1 aromatic carbocycles. The molecule has 2 N–H and O–H groups in total. The van der Waals surface area contributed by atoms with Crippen LogP contribution in [0.4, 0.5) is 0 Å². The Hall–Kier alpha value is -1.87. The van der Waals surface area contributed by atoms with Crippen LogP contribution in [0, 0.1) is 13.8 Å². The lowest BCUT2D eigenvalue weighted by Gasteiger charge is -2.08. The minimum absolute atomic E-state index is 0.456. The first-order valence-corrected chi connectivity index (χ1v) is 6.04. The summed E-state index contributed by atoms with van der Waals surface area (Å²) in [6.07, 6.45) is 0. The van der Waals surface area contributed by atoms with Crippen molar-refractivity contribution in [2.24, 2.45) is 5.73 Å². The first kappa shape index (κ1) is 12.6. The molecule has 1 aromatic heterocycles. The van der Waals surface area contributed by atoms with E-state index in [0.29, 0.717) is 13.2 Å². The van der Waals surface area contributed by atoms with Crippen molar-refractivity contribution >= 4 is 0 Å². The molecule has 0 aliphatic carbocycles. The summed E-state index contributed by atoms with van der Waals surface area (Å²) in [4.78, 5) is 4.40. The van der Waals surface area contributed by atoms with Crippen LogP contribution >= 0.6 is 0 Å². The summed E-state index contributed by atoms with van der Waals surface area (Å²) in [5.41, 5.74) is 9.85. The van der Waals surface area contributed by atoms with Gasteiger partial charge in [-0.2, -0.15) is 0 Å². The molecule has 94 valence electrons. The van der Waals surface area contributed by atoms with Gasteiger partial charge < -0.3 is 10.5 Å².